The molecule has 0 fully saturated rings. The summed E-state index contributed by atoms with van der Waals surface area (Å²) in [5.74, 6) is 0.678. The largest absolute Gasteiger partial charge is 0.307 e. The van der Waals surface area contributed by atoms with Crippen LogP contribution < -0.4 is 5.56 Å². The quantitative estimate of drug-likeness (QED) is 0.424. The SMILES string of the molecule is Cc1ccc2nc(CSc3nc4sccc4c(=O)n3C)cn2c1. The summed E-state index contributed by atoms with van der Waals surface area (Å²) < 4.78 is 3.64. The number of rotatable bonds is 3. The van der Waals surface area contributed by atoms with Crippen molar-refractivity contribution in [3.8, 4) is 0 Å². The van der Waals surface area contributed by atoms with Gasteiger partial charge >= 0.3 is 0 Å². The van der Waals surface area contributed by atoms with Crippen molar-refractivity contribution in [2.45, 2.75) is 17.8 Å². The number of fused-ring (bicyclic) bond motifs is 2. The maximum absolute atomic E-state index is 12.3. The number of aryl methyl sites for hydroxylation is 1. The zero-order valence-electron chi connectivity index (χ0n) is 12.7. The molecule has 5 nitrogen and oxygen atoms in total. The lowest BCUT2D eigenvalue weighted by atomic mass is 10.3. The molecule has 4 heterocycles. The lowest BCUT2D eigenvalue weighted by molar-refractivity contribution is 0.728. The summed E-state index contributed by atoms with van der Waals surface area (Å²) in [7, 11) is 1.77. The van der Waals surface area contributed by atoms with Crippen LogP contribution in [0.4, 0.5) is 0 Å². The normalized spacial score (nSPS) is 11.6. The highest BCUT2D eigenvalue weighted by Gasteiger charge is 2.11. The first-order valence-corrected chi connectivity index (χ1v) is 8.99. The molecule has 0 radical (unpaired) electrons. The van der Waals surface area contributed by atoms with Crippen LogP contribution in [0.15, 0.2) is 45.9 Å². The molecule has 0 aliphatic rings. The van der Waals surface area contributed by atoms with Crippen molar-refractivity contribution < 1.29 is 0 Å². The second kappa shape index (κ2) is 5.50. The highest BCUT2D eigenvalue weighted by atomic mass is 32.2. The Morgan fingerprint density at radius 1 is 1.22 bits per heavy atom. The Hall–Kier alpha value is -2.12. The van der Waals surface area contributed by atoms with Crippen molar-refractivity contribution in [1.82, 2.24) is 18.9 Å². The maximum atomic E-state index is 12.3. The van der Waals surface area contributed by atoms with Crippen LogP contribution in [0.2, 0.25) is 0 Å². The lowest BCUT2D eigenvalue weighted by Crippen LogP contribution is -2.19. The van der Waals surface area contributed by atoms with Crippen LogP contribution in [0.1, 0.15) is 11.3 Å². The number of aromatic nitrogens is 4. The monoisotopic (exact) mass is 342 g/mol. The highest BCUT2D eigenvalue weighted by molar-refractivity contribution is 7.98. The highest BCUT2D eigenvalue weighted by Crippen LogP contribution is 2.23. The fraction of sp³-hybridized carbons (Fsp3) is 0.188. The predicted molar refractivity (Wildman–Crippen MR) is 94.4 cm³/mol. The van der Waals surface area contributed by atoms with Gasteiger partial charge in [-0.25, -0.2) is 9.97 Å². The molecular weight excluding hydrogens is 328 g/mol. The molecule has 0 saturated carbocycles. The minimum Gasteiger partial charge on any atom is -0.307 e. The number of hydrogen-bond donors (Lipinski definition) is 0. The molecule has 0 aliphatic heterocycles. The summed E-state index contributed by atoms with van der Waals surface area (Å²) in [6, 6.07) is 5.89. The molecule has 23 heavy (non-hydrogen) atoms. The van der Waals surface area contributed by atoms with Crippen LogP contribution >= 0.6 is 23.1 Å². The van der Waals surface area contributed by atoms with Gasteiger partial charge in [0.1, 0.15) is 10.5 Å². The van der Waals surface area contributed by atoms with E-state index in [1.807, 2.05) is 28.1 Å². The van der Waals surface area contributed by atoms with E-state index in [0.29, 0.717) is 11.1 Å². The minimum absolute atomic E-state index is 0.00405. The van der Waals surface area contributed by atoms with E-state index in [2.05, 4.69) is 29.2 Å². The Bertz CT molecular complexity index is 1080. The molecule has 0 spiro atoms. The van der Waals surface area contributed by atoms with Crippen LogP contribution in [-0.2, 0) is 12.8 Å². The Labute approximate surface area is 140 Å². The molecule has 116 valence electrons. The number of hydrogen-bond acceptors (Lipinski definition) is 5. The summed E-state index contributed by atoms with van der Waals surface area (Å²) in [5, 5.41) is 3.31. The van der Waals surface area contributed by atoms with E-state index in [1.54, 1.807) is 11.6 Å². The molecule has 0 amide bonds. The Morgan fingerprint density at radius 3 is 2.96 bits per heavy atom. The van der Waals surface area contributed by atoms with E-state index in [4.69, 9.17) is 0 Å². The van der Waals surface area contributed by atoms with Crippen molar-refractivity contribution in [1.29, 1.82) is 0 Å². The molecule has 0 atom stereocenters. The molecular formula is C16H14N4OS2. The smallest absolute Gasteiger partial charge is 0.262 e. The lowest BCUT2D eigenvalue weighted by Gasteiger charge is -2.05. The summed E-state index contributed by atoms with van der Waals surface area (Å²) >= 11 is 3.03. The van der Waals surface area contributed by atoms with E-state index in [-0.39, 0.29) is 5.56 Å². The fourth-order valence-corrected chi connectivity index (χ4v) is 4.13. The first kappa shape index (κ1) is 14.5. The van der Waals surface area contributed by atoms with Crippen molar-refractivity contribution in [3.05, 3.63) is 57.6 Å². The third-order valence-corrected chi connectivity index (χ3v) is 5.53. The number of thioether (sulfide) groups is 1. The van der Waals surface area contributed by atoms with E-state index < -0.39 is 0 Å². The molecule has 4 aromatic rings. The average Bonchev–Trinajstić information content (AvgIpc) is 3.15. The first-order valence-electron chi connectivity index (χ1n) is 7.13. The van der Waals surface area contributed by atoms with E-state index in [9.17, 15) is 4.79 Å². The summed E-state index contributed by atoms with van der Waals surface area (Å²) in [5.41, 5.74) is 3.11. The number of nitrogens with zero attached hydrogens (tertiary/aromatic N) is 4. The minimum atomic E-state index is 0.00405. The van der Waals surface area contributed by atoms with Gasteiger partial charge in [-0.1, -0.05) is 17.8 Å². The molecule has 7 heteroatoms. The van der Waals surface area contributed by atoms with Gasteiger partial charge in [0.05, 0.1) is 11.1 Å². The van der Waals surface area contributed by atoms with Gasteiger partial charge < -0.3 is 4.40 Å². The first-order chi connectivity index (χ1) is 11.1. The zero-order valence-corrected chi connectivity index (χ0v) is 14.3. The number of imidazole rings is 1. The van der Waals surface area contributed by atoms with Gasteiger partial charge in [0, 0.05) is 25.2 Å². The Morgan fingerprint density at radius 2 is 2.09 bits per heavy atom. The molecule has 0 bridgehead atoms. The summed E-state index contributed by atoms with van der Waals surface area (Å²) in [4.78, 5) is 22.3. The van der Waals surface area contributed by atoms with Gasteiger partial charge in [0.25, 0.3) is 5.56 Å². The predicted octanol–water partition coefficient (Wildman–Crippen LogP) is 3.24. The molecule has 0 N–H and O–H groups in total. The second-order valence-corrected chi connectivity index (χ2v) is 7.23. The molecule has 0 aliphatic carbocycles. The van der Waals surface area contributed by atoms with Gasteiger partial charge in [-0.3, -0.25) is 9.36 Å². The number of thiophene rings is 1. The molecule has 0 unspecified atom stereocenters. The van der Waals surface area contributed by atoms with Crippen molar-refractivity contribution in [2.75, 3.05) is 0 Å². The zero-order chi connectivity index (χ0) is 16.0. The van der Waals surface area contributed by atoms with Gasteiger partial charge in [-0.05, 0) is 30.0 Å². The van der Waals surface area contributed by atoms with Crippen LogP contribution in [0.3, 0.4) is 0 Å². The molecule has 0 aromatic carbocycles. The third-order valence-electron chi connectivity index (χ3n) is 3.66. The van der Waals surface area contributed by atoms with Crippen LogP contribution in [0.5, 0.6) is 0 Å². The third kappa shape index (κ3) is 2.55. The topological polar surface area (TPSA) is 52.2 Å². The number of pyridine rings is 1. The van der Waals surface area contributed by atoms with Crippen LogP contribution in [0.25, 0.3) is 15.9 Å². The van der Waals surface area contributed by atoms with Crippen molar-refractivity contribution in [3.63, 3.8) is 0 Å². The van der Waals surface area contributed by atoms with Crippen molar-refractivity contribution in [2.24, 2.45) is 7.05 Å². The second-order valence-electron chi connectivity index (χ2n) is 5.39. The fourth-order valence-electron chi connectivity index (χ4n) is 2.47. The summed E-state index contributed by atoms with van der Waals surface area (Å²) in [6.07, 6.45) is 4.08. The van der Waals surface area contributed by atoms with Crippen LogP contribution in [-0.4, -0.2) is 18.9 Å². The Kier molecular flexibility index (Phi) is 3.46. The van der Waals surface area contributed by atoms with Crippen molar-refractivity contribution >= 4 is 39.0 Å². The van der Waals surface area contributed by atoms with Gasteiger partial charge in [0.2, 0.25) is 0 Å². The summed E-state index contributed by atoms with van der Waals surface area (Å²) in [6.45, 7) is 2.06. The van der Waals surface area contributed by atoms with E-state index in [1.165, 1.54) is 28.7 Å². The van der Waals surface area contributed by atoms with E-state index in [0.717, 1.165) is 21.3 Å². The maximum Gasteiger partial charge on any atom is 0.262 e. The molecule has 4 rings (SSSR count). The Balaban J connectivity index is 1.65. The average molecular weight is 342 g/mol. The van der Waals surface area contributed by atoms with Gasteiger partial charge in [0.15, 0.2) is 5.16 Å². The van der Waals surface area contributed by atoms with Gasteiger partial charge in [-0.2, -0.15) is 0 Å². The molecule has 4 aromatic heterocycles. The van der Waals surface area contributed by atoms with Crippen LogP contribution in [0, 0.1) is 6.92 Å². The van der Waals surface area contributed by atoms with E-state index >= 15 is 0 Å². The molecule has 0 saturated heterocycles. The van der Waals surface area contributed by atoms with Gasteiger partial charge in [-0.15, -0.1) is 11.3 Å². The standard InChI is InChI=1S/C16H14N4OS2/c1-10-3-4-13-17-11(8-20(13)7-10)9-23-16-18-14-12(5-6-22-14)15(21)19(16)2/h3-8H,9H2,1-2H3.